The SMILES string of the molecule is Cc1oc(N=Cc2ccc(OCc3ccc(Cl)cc3Cl)c(Br)c2)c(C#N)c1C. The molecule has 4 nitrogen and oxygen atoms in total. The summed E-state index contributed by atoms with van der Waals surface area (Å²) >= 11 is 15.6. The molecule has 0 fully saturated rings. The normalized spacial score (nSPS) is 11.0. The molecule has 0 saturated heterocycles. The predicted molar refractivity (Wildman–Crippen MR) is 115 cm³/mol. The van der Waals surface area contributed by atoms with Crippen LogP contribution < -0.4 is 4.74 Å². The van der Waals surface area contributed by atoms with E-state index in [1.807, 2.05) is 38.1 Å². The summed E-state index contributed by atoms with van der Waals surface area (Å²) in [6.07, 6.45) is 1.64. The van der Waals surface area contributed by atoms with E-state index in [1.54, 1.807) is 18.3 Å². The minimum Gasteiger partial charge on any atom is -0.488 e. The summed E-state index contributed by atoms with van der Waals surface area (Å²) < 4.78 is 12.1. The molecule has 0 aliphatic rings. The highest BCUT2D eigenvalue weighted by Crippen LogP contribution is 2.30. The van der Waals surface area contributed by atoms with Gasteiger partial charge in [0.15, 0.2) is 0 Å². The first-order valence-electron chi connectivity index (χ1n) is 8.29. The fourth-order valence-electron chi connectivity index (χ4n) is 2.47. The van der Waals surface area contributed by atoms with Crippen LogP contribution >= 0.6 is 39.1 Å². The molecule has 0 bridgehead atoms. The number of hydrogen-bond acceptors (Lipinski definition) is 4. The number of aryl methyl sites for hydroxylation is 1. The van der Waals surface area contributed by atoms with Gasteiger partial charge < -0.3 is 9.15 Å². The van der Waals surface area contributed by atoms with Crippen LogP contribution in [-0.2, 0) is 6.61 Å². The van der Waals surface area contributed by atoms with Crippen LogP contribution in [0.3, 0.4) is 0 Å². The lowest BCUT2D eigenvalue weighted by molar-refractivity contribution is 0.304. The average Bonchev–Trinajstić information content (AvgIpc) is 2.93. The van der Waals surface area contributed by atoms with Gasteiger partial charge in [-0.15, -0.1) is 0 Å². The van der Waals surface area contributed by atoms with Gasteiger partial charge in [-0.1, -0.05) is 29.3 Å². The zero-order valence-corrected chi connectivity index (χ0v) is 18.2. The van der Waals surface area contributed by atoms with Crippen LogP contribution in [0.5, 0.6) is 5.75 Å². The predicted octanol–water partition coefficient (Wildman–Crippen LogP) is 7.17. The van der Waals surface area contributed by atoms with Gasteiger partial charge in [0.2, 0.25) is 5.88 Å². The molecule has 0 spiro atoms. The molecule has 0 saturated carbocycles. The lowest BCUT2D eigenvalue weighted by atomic mass is 10.2. The highest BCUT2D eigenvalue weighted by Gasteiger charge is 2.13. The number of rotatable bonds is 5. The zero-order chi connectivity index (χ0) is 20.3. The Morgan fingerprint density at radius 3 is 2.68 bits per heavy atom. The monoisotopic (exact) mass is 476 g/mol. The Hall–Kier alpha value is -2.26. The van der Waals surface area contributed by atoms with Crippen LogP contribution in [0, 0.1) is 25.2 Å². The molecule has 1 heterocycles. The van der Waals surface area contributed by atoms with E-state index >= 15 is 0 Å². The van der Waals surface area contributed by atoms with Crippen molar-refractivity contribution in [2.24, 2.45) is 4.99 Å². The summed E-state index contributed by atoms with van der Waals surface area (Å²) in [7, 11) is 0. The van der Waals surface area contributed by atoms with Gasteiger partial charge in [-0.05, 0) is 65.7 Å². The molecule has 0 radical (unpaired) electrons. The van der Waals surface area contributed by atoms with E-state index < -0.39 is 0 Å². The van der Waals surface area contributed by atoms with Gasteiger partial charge in [-0.25, -0.2) is 4.99 Å². The standard InChI is InChI=1S/C21H15BrCl2N2O2/c1-12-13(2)28-21(17(12)9-25)26-10-14-3-6-20(18(22)7-14)27-11-15-4-5-16(23)8-19(15)24/h3-8,10H,11H2,1-2H3. The first-order valence-corrected chi connectivity index (χ1v) is 9.84. The maximum absolute atomic E-state index is 9.25. The van der Waals surface area contributed by atoms with Gasteiger partial charge in [-0.3, -0.25) is 0 Å². The molecule has 0 aliphatic carbocycles. The number of ether oxygens (including phenoxy) is 1. The van der Waals surface area contributed by atoms with E-state index in [4.69, 9.17) is 32.4 Å². The molecule has 7 heteroatoms. The molecule has 0 N–H and O–H groups in total. The first kappa shape index (κ1) is 20.5. The maximum Gasteiger partial charge on any atom is 0.237 e. The van der Waals surface area contributed by atoms with Crippen molar-refractivity contribution in [2.75, 3.05) is 0 Å². The van der Waals surface area contributed by atoms with Crippen LogP contribution in [0.25, 0.3) is 0 Å². The van der Waals surface area contributed by atoms with Crippen molar-refractivity contribution in [3.05, 3.63) is 78.9 Å². The van der Waals surface area contributed by atoms with Gasteiger partial charge in [0.1, 0.15) is 29.7 Å². The smallest absolute Gasteiger partial charge is 0.237 e. The molecular formula is C21H15BrCl2N2O2. The van der Waals surface area contributed by atoms with E-state index in [1.165, 1.54) is 0 Å². The summed E-state index contributed by atoms with van der Waals surface area (Å²) in [5.74, 6) is 1.67. The molecule has 2 aromatic carbocycles. The number of furan rings is 1. The Morgan fingerprint density at radius 1 is 1.21 bits per heavy atom. The van der Waals surface area contributed by atoms with Gasteiger partial charge in [0.05, 0.1) is 4.47 Å². The molecule has 0 amide bonds. The Balaban J connectivity index is 1.74. The van der Waals surface area contributed by atoms with E-state index in [-0.39, 0.29) is 0 Å². The fourth-order valence-corrected chi connectivity index (χ4v) is 3.45. The molecule has 0 aliphatic heterocycles. The van der Waals surface area contributed by atoms with Crippen molar-refractivity contribution in [2.45, 2.75) is 20.5 Å². The van der Waals surface area contributed by atoms with Crippen molar-refractivity contribution in [1.29, 1.82) is 5.26 Å². The van der Waals surface area contributed by atoms with Crippen molar-refractivity contribution < 1.29 is 9.15 Å². The third-order valence-electron chi connectivity index (χ3n) is 4.16. The quantitative estimate of drug-likeness (QED) is 0.366. The number of aliphatic imine (C=N–C) groups is 1. The summed E-state index contributed by atoms with van der Waals surface area (Å²) in [5, 5.41) is 10.4. The molecule has 0 unspecified atom stereocenters. The molecule has 142 valence electrons. The van der Waals surface area contributed by atoms with Gasteiger partial charge in [-0.2, -0.15) is 5.26 Å². The van der Waals surface area contributed by atoms with Crippen LogP contribution in [-0.4, -0.2) is 6.21 Å². The van der Waals surface area contributed by atoms with Crippen molar-refractivity contribution in [3.8, 4) is 11.8 Å². The van der Waals surface area contributed by atoms with Crippen LogP contribution in [0.4, 0.5) is 5.88 Å². The maximum atomic E-state index is 9.25. The molecular weight excluding hydrogens is 463 g/mol. The molecule has 3 rings (SSSR count). The number of nitrogens with zero attached hydrogens (tertiary/aromatic N) is 2. The second-order valence-corrected chi connectivity index (χ2v) is 7.75. The Bertz CT molecular complexity index is 1100. The molecule has 1 aromatic heterocycles. The van der Waals surface area contributed by atoms with E-state index in [9.17, 15) is 5.26 Å². The van der Waals surface area contributed by atoms with Crippen molar-refractivity contribution in [3.63, 3.8) is 0 Å². The first-order chi connectivity index (χ1) is 13.4. The highest BCUT2D eigenvalue weighted by atomic mass is 79.9. The highest BCUT2D eigenvalue weighted by molar-refractivity contribution is 9.10. The van der Waals surface area contributed by atoms with Crippen LogP contribution in [0.2, 0.25) is 10.0 Å². The molecule has 0 atom stereocenters. The fraction of sp³-hybridized carbons (Fsp3) is 0.143. The lowest BCUT2D eigenvalue weighted by Crippen LogP contribution is -1.97. The molecule has 3 aromatic rings. The summed E-state index contributed by atoms with van der Waals surface area (Å²) in [5.41, 5.74) is 2.93. The zero-order valence-electron chi connectivity index (χ0n) is 15.1. The minimum atomic E-state index is 0.311. The average molecular weight is 478 g/mol. The van der Waals surface area contributed by atoms with Gasteiger partial charge in [0, 0.05) is 27.4 Å². The number of hydrogen-bond donors (Lipinski definition) is 0. The summed E-state index contributed by atoms with van der Waals surface area (Å²) in [6.45, 7) is 3.97. The minimum absolute atomic E-state index is 0.311. The Morgan fingerprint density at radius 2 is 2.00 bits per heavy atom. The van der Waals surface area contributed by atoms with Crippen molar-refractivity contribution in [1.82, 2.24) is 0 Å². The van der Waals surface area contributed by atoms with Crippen molar-refractivity contribution >= 4 is 51.2 Å². The van der Waals surface area contributed by atoms with Crippen LogP contribution in [0.15, 0.2) is 50.3 Å². The van der Waals surface area contributed by atoms with Gasteiger partial charge >= 0.3 is 0 Å². The van der Waals surface area contributed by atoms with E-state index in [0.29, 0.717) is 39.6 Å². The third kappa shape index (κ3) is 4.59. The van der Waals surface area contributed by atoms with E-state index in [0.717, 1.165) is 21.2 Å². The second-order valence-electron chi connectivity index (χ2n) is 6.05. The number of halogens is 3. The number of benzene rings is 2. The molecule has 28 heavy (non-hydrogen) atoms. The Kier molecular flexibility index (Phi) is 6.46. The second kappa shape index (κ2) is 8.83. The number of nitriles is 1. The van der Waals surface area contributed by atoms with Crippen LogP contribution in [0.1, 0.15) is 28.0 Å². The van der Waals surface area contributed by atoms with E-state index in [2.05, 4.69) is 27.0 Å². The Labute approximate surface area is 181 Å². The summed E-state index contributed by atoms with van der Waals surface area (Å²) in [4.78, 5) is 4.31. The van der Waals surface area contributed by atoms with Gasteiger partial charge in [0.25, 0.3) is 0 Å². The summed E-state index contributed by atoms with van der Waals surface area (Å²) in [6, 6.07) is 13.0. The topological polar surface area (TPSA) is 58.5 Å². The largest absolute Gasteiger partial charge is 0.488 e. The third-order valence-corrected chi connectivity index (χ3v) is 5.37. The lowest BCUT2D eigenvalue weighted by Gasteiger charge is -2.10.